The van der Waals surface area contributed by atoms with Crippen molar-refractivity contribution in [1.82, 2.24) is 15.2 Å². The van der Waals surface area contributed by atoms with E-state index in [1.165, 1.54) is 11.8 Å². The van der Waals surface area contributed by atoms with Crippen LogP contribution >= 0.6 is 0 Å². The van der Waals surface area contributed by atoms with Gasteiger partial charge in [0, 0.05) is 36.1 Å². The Labute approximate surface area is 219 Å². The van der Waals surface area contributed by atoms with E-state index in [4.69, 9.17) is 0 Å². The van der Waals surface area contributed by atoms with Crippen LogP contribution in [-0.2, 0) is 15.0 Å². The molecule has 2 aromatic rings. The topological polar surface area (TPSA) is 110 Å². The van der Waals surface area contributed by atoms with E-state index in [2.05, 4.69) is 31.1 Å². The number of pyridine rings is 1. The van der Waals surface area contributed by atoms with Crippen molar-refractivity contribution < 1.29 is 14.7 Å². The number of likely N-dealkylation sites (tertiary alicyclic amines) is 1. The number of benzene rings is 1. The maximum atomic E-state index is 14.1. The van der Waals surface area contributed by atoms with E-state index >= 15 is 0 Å². The van der Waals surface area contributed by atoms with Gasteiger partial charge in [-0.3, -0.25) is 24.4 Å². The van der Waals surface area contributed by atoms with E-state index in [-0.39, 0.29) is 23.8 Å². The van der Waals surface area contributed by atoms with Crippen molar-refractivity contribution >= 4 is 17.5 Å². The van der Waals surface area contributed by atoms with E-state index in [0.29, 0.717) is 11.3 Å². The fraction of sp³-hybridized carbons (Fsp3) is 0.517. The lowest BCUT2D eigenvalue weighted by atomic mass is 9.86. The maximum absolute atomic E-state index is 14.1. The Morgan fingerprint density at radius 2 is 1.86 bits per heavy atom. The lowest BCUT2D eigenvalue weighted by Gasteiger charge is -2.50. The van der Waals surface area contributed by atoms with Gasteiger partial charge >= 0.3 is 0 Å². The molecule has 2 fully saturated rings. The second kappa shape index (κ2) is 10.5. The molecule has 1 saturated heterocycles. The maximum Gasteiger partial charge on any atom is 0.251 e. The second-order valence-electron chi connectivity index (χ2n) is 11.4. The number of carbonyl (C=O) groups is 2. The van der Waals surface area contributed by atoms with Gasteiger partial charge in [0.25, 0.3) is 5.91 Å². The van der Waals surface area contributed by atoms with Crippen molar-refractivity contribution in [2.75, 3.05) is 4.90 Å². The van der Waals surface area contributed by atoms with Gasteiger partial charge in [0.1, 0.15) is 17.8 Å². The molecule has 196 valence electrons. The molecule has 37 heavy (non-hydrogen) atoms. The monoisotopic (exact) mass is 503 g/mol. The van der Waals surface area contributed by atoms with Gasteiger partial charge in [0.2, 0.25) is 5.91 Å². The number of anilines is 1. The van der Waals surface area contributed by atoms with Crippen molar-refractivity contribution in [3.63, 3.8) is 0 Å². The lowest BCUT2D eigenvalue weighted by Crippen LogP contribution is -2.67. The van der Waals surface area contributed by atoms with Crippen LogP contribution in [0.15, 0.2) is 48.8 Å². The van der Waals surface area contributed by atoms with Crippen molar-refractivity contribution in [3.8, 4) is 6.19 Å². The summed E-state index contributed by atoms with van der Waals surface area (Å²) in [4.78, 5) is 34.8. The minimum absolute atomic E-state index is 0.0562. The van der Waals surface area contributed by atoms with Gasteiger partial charge in [0.05, 0.1) is 0 Å². The van der Waals surface area contributed by atoms with E-state index < -0.39 is 23.7 Å². The molecule has 1 saturated carbocycles. The largest absolute Gasteiger partial charge is 0.370 e. The summed E-state index contributed by atoms with van der Waals surface area (Å²) in [5, 5.41) is 23.3. The van der Waals surface area contributed by atoms with E-state index in [1.54, 1.807) is 24.5 Å². The highest BCUT2D eigenvalue weighted by Crippen LogP contribution is 2.38. The van der Waals surface area contributed by atoms with Crippen LogP contribution in [-0.4, -0.2) is 44.6 Å². The molecule has 1 aromatic carbocycles. The van der Waals surface area contributed by atoms with E-state index in [0.717, 1.165) is 42.6 Å². The molecule has 3 atom stereocenters. The molecule has 2 aliphatic rings. The number of rotatable bonds is 6. The Morgan fingerprint density at radius 1 is 1.19 bits per heavy atom. The number of hydrogen-bond donors (Lipinski definition) is 2. The van der Waals surface area contributed by atoms with Gasteiger partial charge in [-0.15, -0.1) is 0 Å². The third kappa shape index (κ3) is 5.62. The molecule has 0 radical (unpaired) electrons. The first-order valence-electron chi connectivity index (χ1n) is 13.1. The first-order valence-corrected chi connectivity index (χ1v) is 13.1. The van der Waals surface area contributed by atoms with Gasteiger partial charge in [-0.2, -0.15) is 5.26 Å². The van der Waals surface area contributed by atoms with Crippen molar-refractivity contribution in [3.05, 3.63) is 59.9 Å². The predicted molar refractivity (Wildman–Crippen MR) is 141 cm³/mol. The summed E-state index contributed by atoms with van der Waals surface area (Å²) in [5.74, 6) is -0.688. The van der Waals surface area contributed by atoms with Crippen LogP contribution in [0.25, 0.3) is 0 Å². The highest BCUT2D eigenvalue weighted by molar-refractivity contribution is 6.04. The molecule has 2 N–H and O–H groups in total. The Balaban J connectivity index is 1.77. The molecule has 1 aliphatic heterocycles. The van der Waals surface area contributed by atoms with Crippen molar-refractivity contribution in [1.29, 1.82) is 5.26 Å². The molecule has 0 spiro atoms. The normalized spacial score (nSPS) is 22.9. The summed E-state index contributed by atoms with van der Waals surface area (Å²) >= 11 is 0. The Hall–Kier alpha value is -3.44. The first kappa shape index (κ1) is 26.6. The van der Waals surface area contributed by atoms with Crippen LogP contribution < -0.4 is 10.2 Å². The molecule has 3 unspecified atom stereocenters. The molecule has 8 nitrogen and oxygen atoms in total. The molecule has 2 heterocycles. The summed E-state index contributed by atoms with van der Waals surface area (Å²) in [7, 11) is 0. The quantitative estimate of drug-likeness (QED) is 0.573. The molecular weight excluding hydrogens is 466 g/mol. The number of aromatic nitrogens is 1. The average molecular weight is 504 g/mol. The molecule has 2 amide bonds. The Morgan fingerprint density at radius 3 is 2.41 bits per heavy atom. The summed E-state index contributed by atoms with van der Waals surface area (Å²) in [6.07, 6.45) is 10.4. The SMILES string of the molecule is CC(C)(C)c1ccc(N(C(=O)C2CC(C)(O)N2C#N)C(C(=O)NC2CCCCC2)c2cccnc2)cc1. The van der Waals surface area contributed by atoms with E-state index in [1.807, 2.05) is 30.5 Å². The summed E-state index contributed by atoms with van der Waals surface area (Å²) < 4.78 is 0. The van der Waals surface area contributed by atoms with Gasteiger partial charge in [0.15, 0.2) is 6.19 Å². The Kier molecular flexibility index (Phi) is 7.56. The summed E-state index contributed by atoms with van der Waals surface area (Å²) in [6, 6.07) is 9.38. The fourth-order valence-electron chi connectivity index (χ4n) is 5.32. The zero-order chi connectivity index (χ0) is 26.8. The molecule has 8 heteroatoms. The number of carbonyl (C=O) groups excluding carboxylic acids is 2. The van der Waals surface area contributed by atoms with Crippen LogP contribution in [0.4, 0.5) is 5.69 Å². The standard InChI is InChI=1S/C29H37N5O3/c1-28(2,3)21-12-14-23(15-13-21)34(27(36)24-17-29(4,37)33(24)19-30)25(20-9-8-16-31-18-20)26(35)32-22-10-6-5-7-11-22/h8-9,12-16,18,22,24-25,37H,5-7,10-11,17H2,1-4H3,(H,32,35). The third-order valence-corrected chi connectivity index (χ3v) is 7.51. The second-order valence-corrected chi connectivity index (χ2v) is 11.4. The average Bonchev–Trinajstić information content (AvgIpc) is 2.86. The van der Waals surface area contributed by atoms with Crippen LogP contribution in [0, 0.1) is 11.5 Å². The number of hydrogen-bond acceptors (Lipinski definition) is 6. The zero-order valence-electron chi connectivity index (χ0n) is 22.1. The molecular formula is C29H37N5O3. The summed E-state index contributed by atoms with van der Waals surface area (Å²) in [6.45, 7) is 7.85. The highest BCUT2D eigenvalue weighted by atomic mass is 16.3. The van der Waals surface area contributed by atoms with Crippen molar-refractivity contribution in [2.45, 2.75) is 95.5 Å². The third-order valence-electron chi connectivity index (χ3n) is 7.51. The smallest absolute Gasteiger partial charge is 0.251 e. The Bertz CT molecular complexity index is 1140. The van der Waals surface area contributed by atoms with Gasteiger partial charge in [-0.1, -0.05) is 58.2 Å². The number of aliphatic hydroxyl groups is 1. The van der Waals surface area contributed by atoms with E-state index in [9.17, 15) is 20.0 Å². The van der Waals surface area contributed by atoms with Gasteiger partial charge in [-0.05, 0) is 48.9 Å². The number of nitrogens with zero attached hydrogens (tertiary/aromatic N) is 4. The number of amides is 2. The number of nitrogens with one attached hydrogen (secondary N) is 1. The number of nitriles is 1. The molecule has 0 bridgehead atoms. The minimum atomic E-state index is -1.40. The van der Waals surface area contributed by atoms with Crippen LogP contribution in [0.3, 0.4) is 0 Å². The van der Waals surface area contributed by atoms with Gasteiger partial charge in [-0.25, -0.2) is 0 Å². The first-order chi connectivity index (χ1) is 17.5. The van der Waals surface area contributed by atoms with Crippen molar-refractivity contribution in [2.24, 2.45) is 0 Å². The van der Waals surface area contributed by atoms with Gasteiger partial charge < -0.3 is 10.4 Å². The predicted octanol–water partition coefficient (Wildman–Crippen LogP) is 4.17. The zero-order valence-corrected chi connectivity index (χ0v) is 22.1. The molecule has 1 aromatic heterocycles. The van der Waals surface area contributed by atoms with Crippen LogP contribution in [0.5, 0.6) is 0 Å². The fourth-order valence-corrected chi connectivity index (χ4v) is 5.32. The molecule has 4 rings (SSSR count). The lowest BCUT2D eigenvalue weighted by molar-refractivity contribution is -0.180. The minimum Gasteiger partial charge on any atom is -0.370 e. The summed E-state index contributed by atoms with van der Waals surface area (Å²) in [5.41, 5.74) is 0.746. The van der Waals surface area contributed by atoms with Crippen LogP contribution in [0.2, 0.25) is 0 Å². The highest BCUT2D eigenvalue weighted by Gasteiger charge is 2.53. The molecule has 1 aliphatic carbocycles. The van der Waals surface area contributed by atoms with Crippen LogP contribution in [0.1, 0.15) is 83.4 Å².